The third kappa shape index (κ3) is 5.85. The van der Waals surface area contributed by atoms with Crippen LogP contribution >= 0.6 is 0 Å². The molecule has 2 rings (SSSR count). The number of anilines is 1. The maximum absolute atomic E-state index is 5.97. The van der Waals surface area contributed by atoms with Crippen molar-refractivity contribution in [2.24, 2.45) is 5.92 Å². The molecule has 0 saturated carbocycles. The van der Waals surface area contributed by atoms with E-state index in [0.717, 1.165) is 35.9 Å². The van der Waals surface area contributed by atoms with Crippen molar-refractivity contribution in [2.75, 3.05) is 18.5 Å². The minimum Gasteiger partial charge on any atom is -0.493 e. The van der Waals surface area contributed by atoms with Gasteiger partial charge in [0.15, 0.2) is 0 Å². The SMILES string of the molecule is Cc1ccccc1OC(C)CNc1ccc(OCC(C)C)cc1. The molecule has 3 heteroatoms. The molecule has 1 N–H and O–H groups in total. The number of nitrogens with one attached hydrogen (secondary N) is 1. The van der Waals surface area contributed by atoms with Crippen LogP contribution in [0.15, 0.2) is 48.5 Å². The number of aryl methyl sites for hydroxylation is 1. The predicted octanol–water partition coefficient (Wildman–Crippen LogP) is 4.91. The molecule has 0 spiro atoms. The summed E-state index contributed by atoms with van der Waals surface area (Å²) in [5.74, 6) is 2.39. The Hall–Kier alpha value is -2.16. The standard InChI is InChI=1S/C20H27NO2/c1-15(2)14-22-19-11-9-18(10-12-19)21-13-17(4)23-20-8-6-5-7-16(20)3/h5-12,15,17,21H,13-14H2,1-4H3. The molecule has 0 aromatic heterocycles. The van der Waals surface area contributed by atoms with Crippen molar-refractivity contribution in [1.82, 2.24) is 0 Å². The third-order valence-corrected chi connectivity index (χ3v) is 3.45. The second kappa shape index (κ2) is 8.47. The Morgan fingerprint density at radius 3 is 2.30 bits per heavy atom. The van der Waals surface area contributed by atoms with Gasteiger partial charge >= 0.3 is 0 Å². The first-order chi connectivity index (χ1) is 11.0. The van der Waals surface area contributed by atoms with E-state index in [1.165, 1.54) is 0 Å². The Balaban J connectivity index is 1.80. The fraction of sp³-hybridized carbons (Fsp3) is 0.400. The van der Waals surface area contributed by atoms with Crippen molar-refractivity contribution in [3.8, 4) is 11.5 Å². The molecular weight excluding hydrogens is 286 g/mol. The van der Waals surface area contributed by atoms with E-state index < -0.39 is 0 Å². The van der Waals surface area contributed by atoms with Gasteiger partial charge in [-0.3, -0.25) is 0 Å². The van der Waals surface area contributed by atoms with Gasteiger partial charge in [-0.1, -0.05) is 32.0 Å². The molecule has 3 nitrogen and oxygen atoms in total. The first-order valence-electron chi connectivity index (χ1n) is 8.23. The minimum atomic E-state index is 0.0907. The Kier molecular flexibility index (Phi) is 6.33. The van der Waals surface area contributed by atoms with Crippen molar-refractivity contribution in [2.45, 2.75) is 33.8 Å². The molecule has 1 atom stereocenters. The lowest BCUT2D eigenvalue weighted by molar-refractivity contribution is 0.233. The Labute approximate surface area is 139 Å². The molecule has 1 unspecified atom stereocenters. The highest BCUT2D eigenvalue weighted by atomic mass is 16.5. The maximum atomic E-state index is 5.97. The van der Waals surface area contributed by atoms with Gasteiger partial charge in [0.1, 0.15) is 17.6 Å². The summed E-state index contributed by atoms with van der Waals surface area (Å²) in [4.78, 5) is 0. The highest BCUT2D eigenvalue weighted by Crippen LogP contribution is 2.19. The smallest absolute Gasteiger partial charge is 0.122 e. The van der Waals surface area contributed by atoms with E-state index in [1.807, 2.05) is 42.5 Å². The van der Waals surface area contributed by atoms with Crippen molar-refractivity contribution in [3.05, 3.63) is 54.1 Å². The van der Waals surface area contributed by atoms with E-state index in [2.05, 4.69) is 39.1 Å². The number of ether oxygens (including phenoxy) is 2. The second-order valence-electron chi connectivity index (χ2n) is 6.30. The molecule has 0 heterocycles. The summed E-state index contributed by atoms with van der Waals surface area (Å²) in [6.07, 6.45) is 0.0907. The molecule has 124 valence electrons. The molecule has 0 saturated heterocycles. The Morgan fingerprint density at radius 2 is 1.65 bits per heavy atom. The van der Waals surface area contributed by atoms with Crippen LogP contribution in [0.25, 0.3) is 0 Å². The van der Waals surface area contributed by atoms with Crippen LogP contribution in [0.5, 0.6) is 11.5 Å². The third-order valence-electron chi connectivity index (χ3n) is 3.45. The Bertz CT molecular complexity index is 593. The summed E-state index contributed by atoms with van der Waals surface area (Å²) >= 11 is 0. The van der Waals surface area contributed by atoms with E-state index in [9.17, 15) is 0 Å². The van der Waals surface area contributed by atoms with Crippen LogP contribution in [-0.2, 0) is 0 Å². The van der Waals surface area contributed by atoms with E-state index >= 15 is 0 Å². The number of hydrogen-bond acceptors (Lipinski definition) is 3. The lowest BCUT2D eigenvalue weighted by atomic mass is 10.2. The monoisotopic (exact) mass is 313 g/mol. The zero-order chi connectivity index (χ0) is 16.7. The van der Waals surface area contributed by atoms with Gasteiger partial charge < -0.3 is 14.8 Å². The van der Waals surface area contributed by atoms with Crippen molar-refractivity contribution in [1.29, 1.82) is 0 Å². The molecular formula is C20H27NO2. The van der Waals surface area contributed by atoms with E-state index in [-0.39, 0.29) is 6.10 Å². The Morgan fingerprint density at radius 1 is 0.957 bits per heavy atom. The topological polar surface area (TPSA) is 30.5 Å². The quantitative estimate of drug-likeness (QED) is 0.751. The fourth-order valence-corrected chi connectivity index (χ4v) is 2.14. The largest absolute Gasteiger partial charge is 0.493 e. The summed E-state index contributed by atoms with van der Waals surface area (Å²) in [6.45, 7) is 9.91. The first kappa shape index (κ1) is 17.2. The van der Waals surface area contributed by atoms with Gasteiger partial charge in [-0.05, 0) is 55.7 Å². The zero-order valence-corrected chi connectivity index (χ0v) is 14.5. The van der Waals surface area contributed by atoms with Gasteiger partial charge in [-0.25, -0.2) is 0 Å². The molecule has 0 aliphatic heterocycles. The lowest BCUT2D eigenvalue weighted by Crippen LogP contribution is -2.22. The summed E-state index contributed by atoms with van der Waals surface area (Å²) in [5.41, 5.74) is 2.23. The van der Waals surface area contributed by atoms with Crippen LogP contribution in [0, 0.1) is 12.8 Å². The number of hydrogen-bond donors (Lipinski definition) is 1. The second-order valence-corrected chi connectivity index (χ2v) is 6.30. The van der Waals surface area contributed by atoms with Crippen molar-refractivity contribution in [3.63, 3.8) is 0 Å². The van der Waals surface area contributed by atoms with Gasteiger partial charge in [0.25, 0.3) is 0 Å². The van der Waals surface area contributed by atoms with Gasteiger partial charge in [0.05, 0.1) is 13.2 Å². The summed E-state index contributed by atoms with van der Waals surface area (Å²) in [6, 6.07) is 16.2. The normalized spacial score (nSPS) is 12.0. The highest BCUT2D eigenvalue weighted by molar-refractivity contribution is 5.46. The van der Waals surface area contributed by atoms with Gasteiger partial charge in [0.2, 0.25) is 0 Å². The molecule has 23 heavy (non-hydrogen) atoms. The van der Waals surface area contributed by atoms with Crippen LogP contribution in [0.2, 0.25) is 0 Å². The van der Waals surface area contributed by atoms with Crippen LogP contribution in [0.3, 0.4) is 0 Å². The zero-order valence-electron chi connectivity index (χ0n) is 14.5. The van der Waals surface area contributed by atoms with Crippen molar-refractivity contribution >= 4 is 5.69 Å². The molecule has 0 radical (unpaired) electrons. The lowest BCUT2D eigenvalue weighted by Gasteiger charge is -2.17. The molecule has 2 aromatic carbocycles. The summed E-state index contributed by atoms with van der Waals surface area (Å²) in [7, 11) is 0. The van der Waals surface area contributed by atoms with Crippen molar-refractivity contribution < 1.29 is 9.47 Å². The number of rotatable bonds is 8. The number of para-hydroxylation sites is 1. The van der Waals surface area contributed by atoms with Gasteiger partial charge in [-0.15, -0.1) is 0 Å². The fourth-order valence-electron chi connectivity index (χ4n) is 2.14. The summed E-state index contributed by atoms with van der Waals surface area (Å²) < 4.78 is 11.7. The number of benzene rings is 2. The molecule has 0 aliphatic rings. The van der Waals surface area contributed by atoms with E-state index in [0.29, 0.717) is 5.92 Å². The molecule has 0 fully saturated rings. The predicted molar refractivity (Wildman–Crippen MR) is 96.5 cm³/mol. The average Bonchev–Trinajstić information content (AvgIpc) is 2.54. The van der Waals surface area contributed by atoms with Crippen LogP contribution in [-0.4, -0.2) is 19.3 Å². The van der Waals surface area contributed by atoms with E-state index in [1.54, 1.807) is 0 Å². The van der Waals surface area contributed by atoms with Crippen LogP contribution in [0.1, 0.15) is 26.3 Å². The molecule has 2 aromatic rings. The molecule has 0 aliphatic carbocycles. The average molecular weight is 313 g/mol. The molecule has 0 bridgehead atoms. The van der Waals surface area contributed by atoms with Crippen LogP contribution in [0.4, 0.5) is 5.69 Å². The minimum absolute atomic E-state index is 0.0907. The highest BCUT2D eigenvalue weighted by Gasteiger charge is 2.06. The van der Waals surface area contributed by atoms with Gasteiger partial charge in [-0.2, -0.15) is 0 Å². The maximum Gasteiger partial charge on any atom is 0.122 e. The summed E-state index contributed by atoms with van der Waals surface area (Å²) in [5, 5.41) is 3.40. The molecule has 0 amide bonds. The van der Waals surface area contributed by atoms with Gasteiger partial charge in [0, 0.05) is 5.69 Å². The van der Waals surface area contributed by atoms with Crippen LogP contribution < -0.4 is 14.8 Å². The van der Waals surface area contributed by atoms with E-state index in [4.69, 9.17) is 9.47 Å². The first-order valence-corrected chi connectivity index (χ1v) is 8.23.